The Morgan fingerprint density at radius 1 is 1.06 bits per heavy atom. The minimum absolute atomic E-state index is 0.743. The highest BCUT2D eigenvalue weighted by molar-refractivity contribution is 4.86. The molecule has 2 fully saturated rings. The molecule has 1 aliphatic carbocycles. The van der Waals surface area contributed by atoms with Crippen molar-refractivity contribution in [3.8, 4) is 0 Å². The molecule has 2 aliphatic rings. The van der Waals surface area contributed by atoms with Crippen LogP contribution in [0, 0.1) is 17.8 Å². The number of nitrogens with zero attached hydrogens (tertiary/aromatic N) is 1. The van der Waals surface area contributed by atoms with E-state index in [2.05, 4.69) is 31.0 Å². The lowest BCUT2D eigenvalue weighted by atomic mass is 9.83. The first kappa shape index (κ1) is 14.3. The average Bonchev–Trinajstić information content (AvgIpc) is 2.69. The molecule has 0 amide bonds. The van der Waals surface area contributed by atoms with Crippen molar-refractivity contribution in [2.45, 2.75) is 58.9 Å². The smallest absolute Gasteiger partial charge is 0.0223 e. The van der Waals surface area contributed by atoms with Crippen LogP contribution in [0.5, 0.6) is 0 Å². The summed E-state index contributed by atoms with van der Waals surface area (Å²) in [5.41, 5.74) is 0. The van der Waals surface area contributed by atoms with E-state index >= 15 is 0 Å². The van der Waals surface area contributed by atoms with E-state index in [1.807, 2.05) is 0 Å². The first-order valence-corrected chi connectivity index (χ1v) is 8.16. The zero-order valence-corrected chi connectivity index (χ0v) is 12.6. The monoisotopic (exact) mass is 252 g/mol. The van der Waals surface area contributed by atoms with Gasteiger partial charge in [0, 0.05) is 25.7 Å². The van der Waals surface area contributed by atoms with Gasteiger partial charge in [-0.1, -0.05) is 40.0 Å². The number of hydrogen-bond acceptors (Lipinski definition) is 2. The number of likely N-dealkylation sites (tertiary alicyclic amines) is 1. The maximum Gasteiger partial charge on any atom is 0.0223 e. The third-order valence-corrected chi connectivity index (χ3v) is 5.20. The van der Waals surface area contributed by atoms with Gasteiger partial charge in [0.1, 0.15) is 0 Å². The molecule has 2 heteroatoms. The van der Waals surface area contributed by atoms with Crippen LogP contribution in [0.2, 0.25) is 0 Å². The molecule has 0 aromatic rings. The van der Waals surface area contributed by atoms with Crippen molar-refractivity contribution >= 4 is 0 Å². The molecule has 0 aromatic heterocycles. The second-order valence-corrected chi connectivity index (χ2v) is 6.74. The highest BCUT2D eigenvalue weighted by Gasteiger charge is 2.30. The fraction of sp³-hybridized carbons (Fsp3) is 1.00. The lowest BCUT2D eigenvalue weighted by Gasteiger charge is -2.33. The minimum atomic E-state index is 0.743. The molecule has 1 saturated carbocycles. The Kier molecular flexibility index (Phi) is 5.50. The molecular formula is C16H32N2. The van der Waals surface area contributed by atoms with E-state index in [1.165, 1.54) is 51.7 Å². The summed E-state index contributed by atoms with van der Waals surface area (Å²) in [6.07, 6.45) is 7.29. The standard InChI is InChI=1S/C16H32N2/c1-4-17-16(15-8-6-5-7-9-15)12-18-10-13(2)14(3)11-18/h13-17H,4-12H2,1-3H3. The summed E-state index contributed by atoms with van der Waals surface area (Å²) in [5.74, 6) is 2.71. The van der Waals surface area contributed by atoms with Gasteiger partial charge in [-0.05, 0) is 37.1 Å². The number of hydrogen-bond donors (Lipinski definition) is 1. The van der Waals surface area contributed by atoms with Crippen LogP contribution >= 0.6 is 0 Å². The van der Waals surface area contributed by atoms with Crippen LogP contribution in [0.4, 0.5) is 0 Å². The lowest BCUT2D eigenvalue weighted by Crippen LogP contribution is -2.45. The van der Waals surface area contributed by atoms with Crippen molar-refractivity contribution in [2.24, 2.45) is 17.8 Å². The normalized spacial score (nSPS) is 32.8. The van der Waals surface area contributed by atoms with E-state index in [9.17, 15) is 0 Å². The van der Waals surface area contributed by atoms with Crippen molar-refractivity contribution in [3.05, 3.63) is 0 Å². The molecular weight excluding hydrogens is 220 g/mol. The summed E-state index contributed by atoms with van der Waals surface area (Å²) >= 11 is 0. The van der Waals surface area contributed by atoms with E-state index in [0.717, 1.165) is 30.3 Å². The van der Waals surface area contributed by atoms with E-state index < -0.39 is 0 Å². The van der Waals surface area contributed by atoms with E-state index in [1.54, 1.807) is 0 Å². The zero-order valence-electron chi connectivity index (χ0n) is 12.6. The molecule has 0 aromatic carbocycles. The highest BCUT2D eigenvalue weighted by Crippen LogP contribution is 2.29. The van der Waals surface area contributed by atoms with Gasteiger partial charge in [-0.2, -0.15) is 0 Å². The van der Waals surface area contributed by atoms with Crippen molar-refractivity contribution < 1.29 is 0 Å². The van der Waals surface area contributed by atoms with Gasteiger partial charge >= 0.3 is 0 Å². The van der Waals surface area contributed by atoms with Crippen LogP contribution in [-0.2, 0) is 0 Å². The second kappa shape index (κ2) is 6.91. The number of rotatable bonds is 5. The molecule has 0 bridgehead atoms. The molecule has 106 valence electrons. The van der Waals surface area contributed by atoms with Crippen LogP contribution in [-0.4, -0.2) is 37.1 Å². The molecule has 2 nitrogen and oxygen atoms in total. The maximum atomic E-state index is 3.77. The number of likely N-dealkylation sites (N-methyl/N-ethyl adjacent to an activating group) is 1. The predicted molar refractivity (Wildman–Crippen MR) is 78.8 cm³/mol. The third kappa shape index (κ3) is 3.71. The summed E-state index contributed by atoms with van der Waals surface area (Å²) in [6.45, 7) is 12.1. The molecule has 1 saturated heterocycles. The van der Waals surface area contributed by atoms with Gasteiger partial charge in [0.2, 0.25) is 0 Å². The Balaban J connectivity index is 1.85. The molecule has 0 spiro atoms. The maximum absolute atomic E-state index is 3.77. The van der Waals surface area contributed by atoms with Gasteiger partial charge in [0.05, 0.1) is 0 Å². The Bertz CT molecular complexity index is 225. The minimum Gasteiger partial charge on any atom is -0.313 e. The summed E-state index contributed by atoms with van der Waals surface area (Å²) in [6, 6.07) is 0.743. The fourth-order valence-corrected chi connectivity index (χ4v) is 3.86. The van der Waals surface area contributed by atoms with Crippen LogP contribution in [0.1, 0.15) is 52.9 Å². The van der Waals surface area contributed by atoms with Crippen LogP contribution in [0.15, 0.2) is 0 Å². The average molecular weight is 252 g/mol. The Morgan fingerprint density at radius 2 is 1.67 bits per heavy atom. The van der Waals surface area contributed by atoms with Gasteiger partial charge in [-0.15, -0.1) is 0 Å². The molecule has 1 aliphatic heterocycles. The van der Waals surface area contributed by atoms with Gasteiger partial charge in [-0.3, -0.25) is 0 Å². The summed E-state index contributed by atoms with van der Waals surface area (Å²) in [4.78, 5) is 2.71. The SMILES string of the molecule is CCNC(CN1CC(C)C(C)C1)C1CCCCC1. The predicted octanol–water partition coefficient (Wildman–Crippen LogP) is 3.13. The topological polar surface area (TPSA) is 15.3 Å². The molecule has 0 radical (unpaired) electrons. The van der Waals surface area contributed by atoms with Crippen LogP contribution < -0.4 is 5.32 Å². The molecule has 3 unspecified atom stereocenters. The molecule has 3 atom stereocenters. The summed E-state index contributed by atoms with van der Waals surface area (Å²) < 4.78 is 0. The second-order valence-electron chi connectivity index (χ2n) is 6.74. The summed E-state index contributed by atoms with van der Waals surface area (Å²) in [5, 5.41) is 3.77. The highest BCUT2D eigenvalue weighted by atomic mass is 15.2. The van der Waals surface area contributed by atoms with Gasteiger partial charge in [-0.25, -0.2) is 0 Å². The number of nitrogens with one attached hydrogen (secondary N) is 1. The van der Waals surface area contributed by atoms with Crippen molar-refractivity contribution in [3.63, 3.8) is 0 Å². The lowest BCUT2D eigenvalue weighted by molar-refractivity contribution is 0.202. The largest absolute Gasteiger partial charge is 0.313 e. The molecule has 1 N–H and O–H groups in total. The van der Waals surface area contributed by atoms with Crippen molar-refractivity contribution in [1.82, 2.24) is 10.2 Å². The van der Waals surface area contributed by atoms with Gasteiger partial charge in [0.15, 0.2) is 0 Å². The first-order chi connectivity index (χ1) is 8.70. The Labute approximate surface area is 114 Å². The van der Waals surface area contributed by atoms with E-state index in [0.29, 0.717) is 0 Å². The van der Waals surface area contributed by atoms with Crippen LogP contribution in [0.3, 0.4) is 0 Å². The zero-order chi connectivity index (χ0) is 13.0. The quantitative estimate of drug-likeness (QED) is 0.809. The van der Waals surface area contributed by atoms with Crippen LogP contribution in [0.25, 0.3) is 0 Å². The Hall–Kier alpha value is -0.0800. The third-order valence-electron chi connectivity index (χ3n) is 5.20. The van der Waals surface area contributed by atoms with Crippen molar-refractivity contribution in [2.75, 3.05) is 26.2 Å². The molecule has 18 heavy (non-hydrogen) atoms. The van der Waals surface area contributed by atoms with Gasteiger partial charge < -0.3 is 10.2 Å². The first-order valence-electron chi connectivity index (χ1n) is 8.16. The summed E-state index contributed by atoms with van der Waals surface area (Å²) in [7, 11) is 0. The van der Waals surface area contributed by atoms with E-state index in [4.69, 9.17) is 0 Å². The fourth-order valence-electron chi connectivity index (χ4n) is 3.86. The van der Waals surface area contributed by atoms with Gasteiger partial charge in [0.25, 0.3) is 0 Å². The molecule has 2 rings (SSSR count). The Morgan fingerprint density at radius 3 is 2.22 bits per heavy atom. The molecule has 1 heterocycles. The van der Waals surface area contributed by atoms with E-state index in [-0.39, 0.29) is 0 Å². The van der Waals surface area contributed by atoms with Crippen molar-refractivity contribution in [1.29, 1.82) is 0 Å².